The minimum absolute atomic E-state index is 0.0443. The van der Waals surface area contributed by atoms with Crippen LogP contribution in [0.3, 0.4) is 0 Å². The summed E-state index contributed by atoms with van der Waals surface area (Å²) in [7, 11) is 1.57. The Bertz CT molecular complexity index is 1240. The number of hydrogen-bond donors (Lipinski definition) is 2. The van der Waals surface area contributed by atoms with Gasteiger partial charge >= 0.3 is 5.97 Å². The molecule has 0 unspecified atom stereocenters. The minimum Gasteiger partial charge on any atom is -0.497 e. The predicted octanol–water partition coefficient (Wildman–Crippen LogP) is 1.84. The maximum Gasteiger partial charge on any atom is 0.341 e. The van der Waals surface area contributed by atoms with Gasteiger partial charge in [-0.15, -0.1) is 0 Å². The number of hydrogen-bond acceptors (Lipinski definition) is 6. The number of halogens is 1. The minimum atomic E-state index is -1.36. The lowest BCUT2D eigenvalue weighted by Gasteiger charge is -2.29. The number of fused-ring (bicyclic) bond motifs is 3. The number of aromatic carboxylic acids is 1. The van der Waals surface area contributed by atoms with E-state index in [1.165, 1.54) is 6.20 Å². The van der Waals surface area contributed by atoms with Crippen LogP contribution in [0.25, 0.3) is 11.0 Å². The first-order chi connectivity index (χ1) is 14.9. The number of nitrogens with one attached hydrogen (secondary N) is 1. The molecule has 2 aliphatic rings. The van der Waals surface area contributed by atoms with Crippen molar-refractivity contribution in [3.05, 3.63) is 63.7 Å². The first kappa shape index (κ1) is 19.5. The number of anilines is 1. The summed E-state index contributed by atoms with van der Waals surface area (Å²) in [5.74, 6) is -1.08. The zero-order valence-electron chi connectivity index (χ0n) is 16.8. The summed E-state index contributed by atoms with van der Waals surface area (Å²) in [6.45, 7) is 1.68. The molecule has 0 saturated carbocycles. The van der Waals surface area contributed by atoms with E-state index in [0.717, 1.165) is 24.6 Å². The van der Waals surface area contributed by atoms with Gasteiger partial charge in [0.1, 0.15) is 17.0 Å². The number of carbonyl (C=O) groups is 1. The SMILES string of the molecule is COc1ccc(Cn2cc(C(=O)O)c(=O)c3cc(F)c(N4C[C@@H]5C[C@H]4CN5)nc32)cc1. The quantitative estimate of drug-likeness (QED) is 0.645. The van der Waals surface area contributed by atoms with Gasteiger partial charge in [-0.05, 0) is 30.2 Å². The van der Waals surface area contributed by atoms with Crippen molar-refractivity contribution in [2.75, 3.05) is 25.1 Å². The van der Waals surface area contributed by atoms with E-state index in [2.05, 4.69) is 10.3 Å². The topological polar surface area (TPSA) is 96.7 Å². The molecule has 31 heavy (non-hydrogen) atoms. The number of rotatable bonds is 5. The molecule has 2 aromatic heterocycles. The van der Waals surface area contributed by atoms with Crippen molar-refractivity contribution in [3.8, 4) is 5.75 Å². The Labute approximate surface area is 176 Å². The van der Waals surface area contributed by atoms with Crippen molar-refractivity contribution in [2.45, 2.75) is 25.0 Å². The van der Waals surface area contributed by atoms with E-state index in [4.69, 9.17) is 4.74 Å². The first-order valence-corrected chi connectivity index (χ1v) is 10.0. The van der Waals surface area contributed by atoms with Crippen molar-refractivity contribution >= 4 is 22.8 Å². The molecular weight excluding hydrogens is 403 g/mol. The molecule has 0 spiro atoms. The maximum atomic E-state index is 15.0. The summed E-state index contributed by atoms with van der Waals surface area (Å²) >= 11 is 0. The van der Waals surface area contributed by atoms with Crippen molar-refractivity contribution in [3.63, 3.8) is 0 Å². The number of benzene rings is 1. The molecule has 0 radical (unpaired) electrons. The molecule has 160 valence electrons. The van der Waals surface area contributed by atoms with E-state index in [-0.39, 0.29) is 29.4 Å². The van der Waals surface area contributed by atoms with Gasteiger partial charge < -0.3 is 24.6 Å². The highest BCUT2D eigenvalue weighted by Crippen LogP contribution is 2.31. The second-order valence-corrected chi connectivity index (χ2v) is 7.97. The molecule has 2 bridgehead atoms. The van der Waals surface area contributed by atoms with Crippen molar-refractivity contribution in [2.24, 2.45) is 0 Å². The van der Waals surface area contributed by atoms with E-state index in [9.17, 15) is 14.7 Å². The largest absolute Gasteiger partial charge is 0.497 e. The molecule has 8 nitrogen and oxygen atoms in total. The fourth-order valence-corrected chi connectivity index (χ4v) is 4.50. The first-order valence-electron chi connectivity index (χ1n) is 10.0. The van der Waals surface area contributed by atoms with E-state index in [1.54, 1.807) is 23.8 Å². The van der Waals surface area contributed by atoms with Gasteiger partial charge in [-0.25, -0.2) is 14.2 Å². The summed E-state index contributed by atoms with van der Waals surface area (Å²) in [6.07, 6.45) is 2.21. The van der Waals surface area contributed by atoms with Gasteiger partial charge in [0.15, 0.2) is 11.6 Å². The molecule has 3 aromatic rings. The third kappa shape index (κ3) is 3.31. The van der Waals surface area contributed by atoms with Gasteiger partial charge in [0.2, 0.25) is 5.43 Å². The number of aromatic nitrogens is 2. The van der Waals surface area contributed by atoms with Crippen LogP contribution >= 0.6 is 0 Å². The molecule has 2 fully saturated rings. The highest BCUT2D eigenvalue weighted by atomic mass is 19.1. The summed E-state index contributed by atoms with van der Waals surface area (Å²) in [5.41, 5.74) is -0.0347. The van der Waals surface area contributed by atoms with Crippen LogP contribution in [0.2, 0.25) is 0 Å². The van der Waals surface area contributed by atoms with Crippen LogP contribution in [0, 0.1) is 5.82 Å². The average molecular weight is 424 g/mol. The lowest BCUT2D eigenvalue weighted by molar-refractivity contribution is 0.0695. The van der Waals surface area contributed by atoms with E-state index in [0.29, 0.717) is 18.3 Å². The Morgan fingerprint density at radius 3 is 2.74 bits per heavy atom. The van der Waals surface area contributed by atoms with Crippen LogP contribution in [0.4, 0.5) is 10.2 Å². The normalized spacial score (nSPS) is 19.9. The lowest BCUT2D eigenvalue weighted by Crippen LogP contribution is -2.44. The van der Waals surface area contributed by atoms with Crippen molar-refractivity contribution < 1.29 is 19.0 Å². The maximum absolute atomic E-state index is 15.0. The van der Waals surface area contributed by atoms with Crippen LogP contribution in [-0.4, -0.2) is 52.9 Å². The Morgan fingerprint density at radius 2 is 2.13 bits per heavy atom. The smallest absolute Gasteiger partial charge is 0.341 e. The summed E-state index contributed by atoms with van der Waals surface area (Å²) in [6, 6.07) is 8.87. The van der Waals surface area contributed by atoms with Crippen LogP contribution < -0.4 is 20.4 Å². The van der Waals surface area contributed by atoms with Gasteiger partial charge in [-0.3, -0.25) is 4.79 Å². The van der Waals surface area contributed by atoms with Gasteiger partial charge in [0.25, 0.3) is 0 Å². The molecule has 4 heterocycles. The Morgan fingerprint density at radius 1 is 1.35 bits per heavy atom. The third-order valence-corrected chi connectivity index (χ3v) is 6.05. The highest BCUT2D eigenvalue weighted by Gasteiger charge is 2.39. The summed E-state index contributed by atoms with van der Waals surface area (Å²) in [4.78, 5) is 30.8. The van der Waals surface area contributed by atoms with Gasteiger partial charge in [-0.2, -0.15) is 0 Å². The standard InChI is InChI=1S/C22H21FN4O4/c1-31-15-4-2-12(3-5-15)9-26-11-17(22(29)30)19(28)16-7-18(23)21(25-20(16)26)27-10-13-6-14(27)8-24-13/h2-5,7,11,13-14,24H,6,8-10H2,1H3,(H,29,30)/t13-,14-/m0/s1. The van der Waals surface area contributed by atoms with Gasteiger partial charge in [-0.1, -0.05) is 12.1 Å². The summed E-state index contributed by atoms with van der Waals surface area (Å²) in [5, 5.41) is 12.8. The van der Waals surface area contributed by atoms with Crippen LogP contribution in [0.15, 0.2) is 41.3 Å². The Balaban J connectivity index is 1.66. The van der Waals surface area contributed by atoms with Crippen LogP contribution in [-0.2, 0) is 6.54 Å². The molecule has 5 rings (SSSR count). The van der Waals surface area contributed by atoms with Crippen molar-refractivity contribution in [1.82, 2.24) is 14.9 Å². The number of ether oxygens (including phenoxy) is 1. The third-order valence-electron chi connectivity index (χ3n) is 6.05. The predicted molar refractivity (Wildman–Crippen MR) is 113 cm³/mol. The molecule has 0 amide bonds. The Hall–Kier alpha value is -3.46. The second kappa shape index (κ2) is 7.35. The zero-order valence-corrected chi connectivity index (χ0v) is 16.8. The van der Waals surface area contributed by atoms with Gasteiger partial charge in [0, 0.05) is 37.9 Å². The van der Waals surface area contributed by atoms with E-state index in [1.807, 2.05) is 17.0 Å². The van der Waals surface area contributed by atoms with E-state index < -0.39 is 22.8 Å². The monoisotopic (exact) mass is 424 g/mol. The van der Waals surface area contributed by atoms with Crippen LogP contribution in [0.5, 0.6) is 5.75 Å². The fourth-order valence-electron chi connectivity index (χ4n) is 4.50. The second-order valence-electron chi connectivity index (χ2n) is 7.97. The molecule has 2 atom stereocenters. The number of carboxylic acids is 1. The molecule has 2 N–H and O–H groups in total. The zero-order chi connectivity index (χ0) is 21.7. The average Bonchev–Trinajstić information content (AvgIpc) is 3.39. The van der Waals surface area contributed by atoms with Crippen molar-refractivity contribution in [1.29, 1.82) is 0 Å². The molecule has 1 aromatic carbocycles. The number of nitrogens with zero attached hydrogens (tertiary/aromatic N) is 3. The number of carboxylic acid groups (broad SMARTS) is 1. The summed E-state index contributed by atoms with van der Waals surface area (Å²) < 4.78 is 21.8. The number of methoxy groups -OCH3 is 1. The van der Waals surface area contributed by atoms with Gasteiger partial charge in [0.05, 0.1) is 12.5 Å². The molecule has 2 aliphatic heterocycles. The molecule has 2 saturated heterocycles. The molecular formula is C22H21FN4O4. The number of pyridine rings is 2. The van der Waals surface area contributed by atoms with Crippen LogP contribution in [0.1, 0.15) is 22.3 Å². The highest BCUT2D eigenvalue weighted by molar-refractivity contribution is 5.92. The lowest BCUT2D eigenvalue weighted by atomic mass is 10.1. The molecule has 9 heteroatoms. The Kier molecular flexibility index (Phi) is 4.62. The molecule has 0 aliphatic carbocycles. The van der Waals surface area contributed by atoms with E-state index >= 15 is 4.39 Å². The fraction of sp³-hybridized carbons (Fsp3) is 0.318. The number of piperazine rings is 1.